The first-order valence-electron chi connectivity index (χ1n) is 9.97. The number of hydrogen-bond acceptors (Lipinski definition) is 2. The molecule has 1 aliphatic heterocycles. The molecule has 0 saturated carbocycles. The fourth-order valence-corrected chi connectivity index (χ4v) is 5.97. The third kappa shape index (κ3) is 2.49. The maximum atomic E-state index is 4.79. The SMILES string of the molecule is Cc1c2c(c(C)c3ccccc13)-c1c3c(cc(CC(C)C)cc3nc[n+]1C)S2. The molecule has 3 heteroatoms. The van der Waals surface area contributed by atoms with E-state index >= 15 is 0 Å². The molecule has 0 radical (unpaired) electrons. The fourth-order valence-electron chi connectivity index (χ4n) is 4.62. The molecule has 0 bridgehead atoms. The smallest absolute Gasteiger partial charge is 0.232 e. The molecule has 0 spiro atoms. The Kier molecular flexibility index (Phi) is 3.99. The van der Waals surface area contributed by atoms with Crippen molar-refractivity contribution in [2.24, 2.45) is 13.0 Å². The van der Waals surface area contributed by atoms with Crippen LogP contribution in [0, 0.1) is 19.8 Å². The van der Waals surface area contributed by atoms with E-state index in [9.17, 15) is 0 Å². The summed E-state index contributed by atoms with van der Waals surface area (Å²) in [7, 11) is 2.12. The molecule has 0 amide bonds. The third-order valence-electron chi connectivity index (χ3n) is 5.87. The number of aromatic nitrogens is 2. The van der Waals surface area contributed by atoms with Gasteiger partial charge in [0.15, 0.2) is 5.52 Å². The maximum absolute atomic E-state index is 4.79. The van der Waals surface area contributed by atoms with E-state index in [1.807, 2.05) is 18.1 Å². The van der Waals surface area contributed by atoms with Crippen molar-refractivity contribution in [2.75, 3.05) is 0 Å². The molecule has 5 rings (SSSR count). The minimum absolute atomic E-state index is 0.637. The lowest BCUT2D eigenvalue weighted by atomic mass is 9.91. The number of benzene rings is 3. The molecule has 0 aliphatic carbocycles. The molecule has 28 heavy (non-hydrogen) atoms. The van der Waals surface area contributed by atoms with E-state index in [0.717, 1.165) is 11.9 Å². The zero-order valence-electron chi connectivity index (χ0n) is 17.1. The Morgan fingerprint density at radius 1 is 1.04 bits per heavy atom. The van der Waals surface area contributed by atoms with Crippen LogP contribution >= 0.6 is 11.8 Å². The zero-order valence-corrected chi connectivity index (χ0v) is 17.9. The summed E-state index contributed by atoms with van der Waals surface area (Å²) in [4.78, 5) is 7.53. The second kappa shape index (κ2) is 6.31. The normalized spacial score (nSPS) is 12.8. The Morgan fingerprint density at radius 3 is 2.46 bits per heavy atom. The van der Waals surface area contributed by atoms with Crippen LogP contribution in [0.15, 0.2) is 52.5 Å². The Bertz CT molecular complexity index is 1270. The molecule has 140 valence electrons. The van der Waals surface area contributed by atoms with Crippen molar-refractivity contribution in [2.45, 2.75) is 43.9 Å². The lowest BCUT2D eigenvalue weighted by Crippen LogP contribution is -2.33. The number of hydrogen-bond donors (Lipinski definition) is 0. The largest absolute Gasteiger partial charge is 0.287 e. The van der Waals surface area contributed by atoms with Gasteiger partial charge in [-0.3, -0.25) is 0 Å². The number of nitrogens with zero attached hydrogens (tertiary/aromatic N) is 2. The summed E-state index contributed by atoms with van der Waals surface area (Å²) in [5, 5.41) is 4.01. The summed E-state index contributed by atoms with van der Waals surface area (Å²) in [5.41, 5.74) is 7.92. The van der Waals surface area contributed by atoms with Crippen molar-refractivity contribution in [3.05, 3.63) is 59.4 Å². The van der Waals surface area contributed by atoms with Crippen LogP contribution < -0.4 is 4.57 Å². The van der Waals surface area contributed by atoms with Crippen molar-refractivity contribution < 1.29 is 4.57 Å². The molecular weight excluding hydrogens is 360 g/mol. The van der Waals surface area contributed by atoms with Crippen molar-refractivity contribution in [3.8, 4) is 11.3 Å². The van der Waals surface area contributed by atoms with Gasteiger partial charge in [0.2, 0.25) is 0 Å². The van der Waals surface area contributed by atoms with Crippen LogP contribution in [0.4, 0.5) is 0 Å². The van der Waals surface area contributed by atoms with Crippen LogP contribution in [0.5, 0.6) is 0 Å². The fraction of sp³-hybridized carbons (Fsp3) is 0.280. The van der Waals surface area contributed by atoms with E-state index in [1.165, 1.54) is 53.9 Å². The van der Waals surface area contributed by atoms with Gasteiger partial charge in [-0.25, -0.2) is 4.57 Å². The van der Waals surface area contributed by atoms with E-state index in [4.69, 9.17) is 4.98 Å². The Labute approximate surface area is 170 Å². The Hall–Kier alpha value is -2.39. The van der Waals surface area contributed by atoms with Gasteiger partial charge < -0.3 is 0 Å². The first-order chi connectivity index (χ1) is 13.5. The number of rotatable bonds is 2. The molecule has 0 fully saturated rings. The third-order valence-corrected chi connectivity index (χ3v) is 7.13. The van der Waals surface area contributed by atoms with Crippen LogP contribution in [0.1, 0.15) is 30.5 Å². The Balaban J connectivity index is 1.91. The van der Waals surface area contributed by atoms with Crippen molar-refractivity contribution >= 4 is 33.4 Å². The predicted octanol–water partition coefficient (Wildman–Crippen LogP) is 6.16. The topological polar surface area (TPSA) is 16.8 Å². The summed E-state index contributed by atoms with van der Waals surface area (Å²) < 4.78 is 2.20. The predicted molar refractivity (Wildman–Crippen MR) is 118 cm³/mol. The average Bonchev–Trinajstić information content (AvgIpc) is 2.67. The molecule has 1 aromatic heterocycles. The number of fused-ring (bicyclic) bond motifs is 3. The first-order valence-corrected chi connectivity index (χ1v) is 10.8. The second-order valence-electron chi connectivity index (χ2n) is 8.39. The van der Waals surface area contributed by atoms with Gasteiger partial charge in [0.05, 0.1) is 12.4 Å². The highest BCUT2D eigenvalue weighted by atomic mass is 32.2. The van der Waals surface area contributed by atoms with Crippen LogP contribution in [0.2, 0.25) is 0 Å². The molecule has 3 aromatic carbocycles. The summed E-state index contributed by atoms with van der Waals surface area (Å²) in [5.74, 6) is 0.637. The molecule has 2 heterocycles. The average molecular weight is 386 g/mol. The molecule has 0 saturated heterocycles. The monoisotopic (exact) mass is 385 g/mol. The number of aryl methyl sites for hydroxylation is 3. The standard InChI is InChI=1S/C25H25N2S/c1-14(2)10-17-11-20-23-21(12-17)28-25-16(4)19-9-7-6-8-18(19)15(3)22(25)24(23)27(5)13-26-20/h6-9,11-14H,10H2,1-5H3/q+1. The van der Waals surface area contributed by atoms with Crippen molar-refractivity contribution in [3.63, 3.8) is 0 Å². The van der Waals surface area contributed by atoms with Crippen LogP contribution in [-0.4, -0.2) is 4.98 Å². The maximum Gasteiger partial charge on any atom is 0.287 e. The van der Waals surface area contributed by atoms with Crippen molar-refractivity contribution in [1.29, 1.82) is 0 Å². The summed E-state index contributed by atoms with van der Waals surface area (Å²) in [6.07, 6.45) is 3.06. The molecule has 4 aromatic rings. The van der Waals surface area contributed by atoms with Gasteiger partial charge in [-0.2, -0.15) is 0 Å². The van der Waals surface area contributed by atoms with E-state index < -0.39 is 0 Å². The lowest BCUT2D eigenvalue weighted by Gasteiger charge is -2.24. The highest BCUT2D eigenvalue weighted by Crippen LogP contribution is 2.51. The molecule has 0 atom stereocenters. The van der Waals surface area contributed by atoms with E-state index in [0.29, 0.717) is 5.92 Å². The van der Waals surface area contributed by atoms with Gasteiger partial charge in [-0.05, 0) is 70.8 Å². The van der Waals surface area contributed by atoms with Gasteiger partial charge in [-0.1, -0.05) is 49.9 Å². The van der Waals surface area contributed by atoms with E-state index in [1.54, 1.807) is 0 Å². The molecule has 1 aliphatic rings. The van der Waals surface area contributed by atoms with Gasteiger partial charge in [0.25, 0.3) is 6.33 Å². The van der Waals surface area contributed by atoms with Gasteiger partial charge in [0, 0.05) is 15.4 Å². The Morgan fingerprint density at radius 2 is 1.75 bits per heavy atom. The molecule has 0 N–H and O–H groups in total. The minimum Gasteiger partial charge on any atom is -0.232 e. The molecule has 2 nitrogen and oxygen atoms in total. The van der Waals surface area contributed by atoms with Crippen LogP contribution in [-0.2, 0) is 13.5 Å². The quantitative estimate of drug-likeness (QED) is 0.338. The van der Waals surface area contributed by atoms with Gasteiger partial charge in [0.1, 0.15) is 5.69 Å². The van der Waals surface area contributed by atoms with Gasteiger partial charge >= 0.3 is 0 Å². The highest BCUT2D eigenvalue weighted by molar-refractivity contribution is 7.99. The van der Waals surface area contributed by atoms with Crippen molar-refractivity contribution in [1.82, 2.24) is 4.98 Å². The van der Waals surface area contributed by atoms with Crippen LogP contribution in [0.25, 0.3) is 32.9 Å². The molecular formula is C25H25N2S+. The van der Waals surface area contributed by atoms with Gasteiger partial charge in [-0.15, -0.1) is 0 Å². The zero-order chi connectivity index (χ0) is 19.6. The first kappa shape index (κ1) is 17.7. The van der Waals surface area contributed by atoms with Crippen LogP contribution in [0.3, 0.4) is 0 Å². The minimum atomic E-state index is 0.637. The summed E-state index contributed by atoms with van der Waals surface area (Å²) in [6, 6.07) is 13.5. The van der Waals surface area contributed by atoms with E-state index in [2.05, 4.69) is 75.7 Å². The summed E-state index contributed by atoms with van der Waals surface area (Å²) in [6.45, 7) is 9.10. The lowest BCUT2D eigenvalue weighted by molar-refractivity contribution is -0.662. The van der Waals surface area contributed by atoms with E-state index in [-0.39, 0.29) is 0 Å². The summed E-state index contributed by atoms with van der Waals surface area (Å²) >= 11 is 1.93. The highest BCUT2D eigenvalue weighted by Gasteiger charge is 2.30. The molecule has 0 unspecified atom stereocenters. The second-order valence-corrected chi connectivity index (χ2v) is 9.44.